The van der Waals surface area contributed by atoms with Crippen LogP contribution in [0.1, 0.15) is 29.3 Å². The highest BCUT2D eigenvalue weighted by Gasteiger charge is 2.33. The van der Waals surface area contributed by atoms with Gasteiger partial charge in [-0.15, -0.1) is 0 Å². The Morgan fingerprint density at radius 1 is 1.07 bits per heavy atom. The van der Waals surface area contributed by atoms with Crippen LogP contribution in [0, 0.1) is 0 Å². The summed E-state index contributed by atoms with van der Waals surface area (Å²) in [5, 5.41) is 8.56. The van der Waals surface area contributed by atoms with Crippen LogP contribution >= 0.6 is 0 Å². The molecule has 2 aliphatic rings. The van der Waals surface area contributed by atoms with Crippen molar-refractivity contribution in [2.75, 3.05) is 59.7 Å². The minimum absolute atomic E-state index is 0.00718. The second kappa shape index (κ2) is 15.2. The number of ether oxygens (including phenoxy) is 5. The zero-order valence-corrected chi connectivity index (χ0v) is 23.5. The second-order valence-corrected chi connectivity index (χ2v) is 9.66. The topological polar surface area (TPSA) is 137 Å². The fraction of sp³-hybridized carbons (Fsp3) is 0.483. The van der Waals surface area contributed by atoms with E-state index in [1.54, 1.807) is 30.2 Å². The predicted molar refractivity (Wildman–Crippen MR) is 149 cm³/mol. The minimum Gasteiger partial charge on any atom is -0.491 e. The van der Waals surface area contributed by atoms with Crippen LogP contribution in [0.25, 0.3) is 0 Å². The van der Waals surface area contributed by atoms with Crippen LogP contribution in [0.5, 0.6) is 17.2 Å². The molecule has 1 saturated heterocycles. The molecule has 2 heterocycles. The van der Waals surface area contributed by atoms with Gasteiger partial charge >= 0.3 is 6.03 Å². The Balaban J connectivity index is 1.55. The number of nitrogens with one attached hydrogen (secondary N) is 3. The molecule has 2 aromatic rings. The molecule has 1 fully saturated rings. The lowest BCUT2D eigenvalue weighted by molar-refractivity contribution is -0.141. The molecule has 12 nitrogen and oxygen atoms in total. The molecule has 4 rings (SSSR count). The lowest BCUT2D eigenvalue weighted by Gasteiger charge is -2.38. The summed E-state index contributed by atoms with van der Waals surface area (Å²) in [7, 11) is 1.58. The van der Waals surface area contributed by atoms with Crippen molar-refractivity contribution in [3.05, 3.63) is 53.6 Å². The highest BCUT2D eigenvalue weighted by atomic mass is 16.5. The Kier molecular flexibility index (Phi) is 11.2. The number of amides is 4. The Labute approximate surface area is 239 Å². The van der Waals surface area contributed by atoms with Crippen molar-refractivity contribution >= 4 is 17.8 Å². The summed E-state index contributed by atoms with van der Waals surface area (Å²) >= 11 is 0. The zero-order valence-electron chi connectivity index (χ0n) is 23.5. The number of piperidine rings is 1. The molecule has 41 heavy (non-hydrogen) atoms. The maximum Gasteiger partial charge on any atom is 0.315 e. The van der Waals surface area contributed by atoms with Crippen molar-refractivity contribution in [1.82, 2.24) is 20.9 Å². The highest BCUT2D eigenvalue weighted by molar-refractivity contribution is 5.95. The van der Waals surface area contributed by atoms with Gasteiger partial charge in [-0.05, 0) is 43.2 Å². The van der Waals surface area contributed by atoms with E-state index in [9.17, 15) is 14.4 Å². The van der Waals surface area contributed by atoms with Gasteiger partial charge in [0.05, 0.1) is 25.4 Å². The summed E-state index contributed by atoms with van der Waals surface area (Å²) in [6.07, 6.45) is 0.0888. The van der Waals surface area contributed by atoms with Crippen LogP contribution in [0.2, 0.25) is 0 Å². The molecule has 0 aromatic heterocycles. The molecule has 0 radical (unpaired) electrons. The number of benzene rings is 2. The molecule has 0 saturated carbocycles. The molecule has 4 bridgehead atoms. The summed E-state index contributed by atoms with van der Waals surface area (Å²) in [6.45, 7) is 4.47. The molecule has 12 heteroatoms. The number of hydrogen-bond acceptors (Lipinski definition) is 8. The van der Waals surface area contributed by atoms with E-state index in [4.69, 9.17) is 23.7 Å². The van der Waals surface area contributed by atoms with Gasteiger partial charge in [0.1, 0.15) is 30.5 Å². The van der Waals surface area contributed by atoms with Crippen molar-refractivity contribution in [3.63, 3.8) is 0 Å². The van der Waals surface area contributed by atoms with E-state index in [-0.39, 0.29) is 50.2 Å². The number of rotatable bonds is 7. The number of carbonyl (C=O) groups is 3. The zero-order chi connectivity index (χ0) is 29.0. The first kappa shape index (κ1) is 30.1. The number of hydrogen-bond donors (Lipinski definition) is 3. The number of methoxy groups -OCH3 is 1. The van der Waals surface area contributed by atoms with Crippen LogP contribution in [0.4, 0.5) is 4.79 Å². The quantitative estimate of drug-likeness (QED) is 0.431. The molecule has 3 N–H and O–H groups in total. The third-order valence-electron chi connectivity index (χ3n) is 6.65. The number of carbonyl (C=O) groups excluding carboxylic acids is 3. The Hall–Kier alpha value is -3.87. The van der Waals surface area contributed by atoms with E-state index < -0.39 is 6.10 Å². The van der Waals surface area contributed by atoms with E-state index in [0.717, 1.165) is 5.56 Å². The van der Waals surface area contributed by atoms with Gasteiger partial charge in [-0.25, -0.2) is 4.79 Å². The number of urea groups is 1. The van der Waals surface area contributed by atoms with Crippen molar-refractivity contribution in [2.24, 2.45) is 0 Å². The van der Waals surface area contributed by atoms with Crippen molar-refractivity contribution < 1.29 is 38.1 Å². The predicted octanol–water partition coefficient (Wildman–Crippen LogP) is 2.07. The van der Waals surface area contributed by atoms with Gasteiger partial charge in [0.25, 0.3) is 5.91 Å². The van der Waals surface area contributed by atoms with Gasteiger partial charge in [0, 0.05) is 51.5 Å². The fourth-order valence-electron chi connectivity index (χ4n) is 4.56. The molecule has 0 unspecified atom stereocenters. The monoisotopic (exact) mass is 570 g/mol. The van der Waals surface area contributed by atoms with E-state index in [1.165, 1.54) is 0 Å². The average molecular weight is 571 g/mol. The van der Waals surface area contributed by atoms with Crippen LogP contribution in [0.15, 0.2) is 42.5 Å². The van der Waals surface area contributed by atoms with E-state index in [0.29, 0.717) is 62.1 Å². The minimum atomic E-state index is -0.438. The van der Waals surface area contributed by atoms with Crippen LogP contribution in [-0.4, -0.2) is 94.6 Å². The molecule has 2 atom stereocenters. The first-order valence-corrected chi connectivity index (χ1v) is 13.8. The van der Waals surface area contributed by atoms with Crippen LogP contribution in [-0.2, 0) is 25.6 Å². The normalized spacial score (nSPS) is 19.8. The maximum atomic E-state index is 12.9. The Bertz CT molecular complexity index is 1190. The lowest BCUT2D eigenvalue weighted by Crippen LogP contribution is -2.58. The molecule has 2 aromatic carbocycles. The molecule has 4 amide bonds. The first-order valence-electron chi connectivity index (χ1n) is 13.8. The van der Waals surface area contributed by atoms with Crippen molar-refractivity contribution in [2.45, 2.75) is 32.1 Å². The van der Waals surface area contributed by atoms with Crippen LogP contribution < -0.4 is 25.4 Å². The third-order valence-corrected chi connectivity index (χ3v) is 6.65. The van der Waals surface area contributed by atoms with E-state index in [2.05, 4.69) is 16.0 Å². The standard InChI is InChI=1S/C29H38N4O8/c1-3-38-19-27(34)33-10-7-25-26(17-33)40-18-20-5-4-6-22(13-20)41-24-15-21(14-23(16-24)39-12-11-37-2)28(35)30-8-9-31-29(36)32-25/h4-6,13-16,25-26H,3,7-12,17-19H2,1-2H3,(H,30,35)(H2,31,32,36)/t25-,26-/m0/s1. The maximum absolute atomic E-state index is 12.9. The van der Waals surface area contributed by atoms with Crippen LogP contribution in [0.3, 0.4) is 0 Å². The van der Waals surface area contributed by atoms with Gasteiger partial charge in [-0.1, -0.05) is 12.1 Å². The fourth-order valence-corrected chi connectivity index (χ4v) is 4.56. The Morgan fingerprint density at radius 3 is 2.76 bits per heavy atom. The second-order valence-electron chi connectivity index (χ2n) is 9.66. The summed E-state index contributed by atoms with van der Waals surface area (Å²) in [5.74, 6) is 0.998. The molecular weight excluding hydrogens is 532 g/mol. The van der Waals surface area contributed by atoms with Gasteiger partial charge in [-0.3, -0.25) is 9.59 Å². The third kappa shape index (κ3) is 9.07. The lowest BCUT2D eigenvalue weighted by atomic mass is 10.0. The van der Waals surface area contributed by atoms with Gasteiger partial charge < -0.3 is 44.5 Å². The summed E-state index contributed by atoms with van der Waals surface area (Å²) in [6, 6.07) is 11.7. The molecule has 2 aliphatic heterocycles. The molecular formula is C29H38N4O8. The van der Waals surface area contributed by atoms with E-state index >= 15 is 0 Å². The molecule has 0 aliphatic carbocycles. The molecule has 0 spiro atoms. The van der Waals surface area contributed by atoms with Crippen molar-refractivity contribution in [3.8, 4) is 17.2 Å². The van der Waals surface area contributed by atoms with Gasteiger partial charge in [0.2, 0.25) is 5.91 Å². The average Bonchev–Trinajstić information content (AvgIpc) is 2.97. The van der Waals surface area contributed by atoms with Crippen molar-refractivity contribution in [1.29, 1.82) is 0 Å². The smallest absolute Gasteiger partial charge is 0.315 e. The van der Waals surface area contributed by atoms with Gasteiger partial charge in [0.15, 0.2) is 0 Å². The summed E-state index contributed by atoms with van der Waals surface area (Å²) in [4.78, 5) is 39.9. The largest absolute Gasteiger partial charge is 0.491 e. The Morgan fingerprint density at radius 2 is 1.93 bits per heavy atom. The SMILES string of the molecule is CCOCC(=O)N1CC[C@@H]2NC(=O)NCCNC(=O)c3cc(OCCOC)cc(c3)Oc3cccc(c3)CO[C@H]2C1. The van der Waals surface area contributed by atoms with Gasteiger partial charge in [-0.2, -0.15) is 0 Å². The first-order chi connectivity index (χ1) is 19.9. The summed E-state index contributed by atoms with van der Waals surface area (Å²) in [5.41, 5.74) is 1.20. The number of likely N-dealkylation sites (tertiary alicyclic amines) is 1. The number of fused-ring (bicyclic) bond motifs is 5. The molecule has 222 valence electrons. The summed E-state index contributed by atoms with van der Waals surface area (Å²) < 4.78 is 28.5. The number of nitrogens with zero attached hydrogens (tertiary/aromatic N) is 1. The highest BCUT2D eigenvalue weighted by Crippen LogP contribution is 2.29. The van der Waals surface area contributed by atoms with E-state index in [1.807, 2.05) is 31.2 Å².